The van der Waals surface area contributed by atoms with Crippen molar-refractivity contribution in [1.82, 2.24) is 20.1 Å². The summed E-state index contributed by atoms with van der Waals surface area (Å²) in [4.78, 5) is 21.0. The molecule has 0 saturated carbocycles. The van der Waals surface area contributed by atoms with Crippen molar-refractivity contribution in [1.29, 1.82) is 0 Å². The van der Waals surface area contributed by atoms with Crippen molar-refractivity contribution in [2.75, 3.05) is 32.4 Å². The van der Waals surface area contributed by atoms with E-state index >= 15 is 0 Å². The predicted molar refractivity (Wildman–Crippen MR) is 91.6 cm³/mol. The maximum atomic E-state index is 12.3. The van der Waals surface area contributed by atoms with E-state index in [-0.39, 0.29) is 6.03 Å². The molecule has 2 aliphatic heterocycles. The van der Waals surface area contributed by atoms with Gasteiger partial charge in [0.2, 0.25) is 0 Å². The van der Waals surface area contributed by atoms with Gasteiger partial charge in [-0.1, -0.05) is 11.8 Å². The second-order valence-corrected chi connectivity index (χ2v) is 8.25. The Bertz CT molecular complexity index is 482. The summed E-state index contributed by atoms with van der Waals surface area (Å²) in [5.74, 6) is 1.00. The average molecular weight is 341 g/mol. The molecule has 5 nitrogen and oxygen atoms in total. The quantitative estimate of drug-likeness (QED) is 0.661. The molecular formula is C15H24N4OS2. The van der Waals surface area contributed by atoms with Crippen LogP contribution in [-0.4, -0.2) is 65.3 Å². The fourth-order valence-corrected chi connectivity index (χ4v) is 4.96. The molecule has 2 saturated heterocycles. The average Bonchev–Trinajstić information content (AvgIpc) is 3.07. The van der Waals surface area contributed by atoms with E-state index in [9.17, 15) is 4.79 Å². The molecule has 122 valence electrons. The van der Waals surface area contributed by atoms with E-state index < -0.39 is 0 Å². The van der Waals surface area contributed by atoms with Crippen LogP contribution in [0.5, 0.6) is 0 Å². The smallest absolute Gasteiger partial charge is 0.317 e. The number of thioether (sulfide) groups is 1. The molecule has 2 bridgehead atoms. The van der Waals surface area contributed by atoms with Gasteiger partial charge in [-0.2, -0.15) is 0 Å². The highest BCUT2D eigenvalue weighted by atomic mass is 32.2. The fourth-order valence-electron chi connectivity index (χ4n) is 3.31. The maximum Gasteiger partial charge on any atom is 0.317 e. The number of hydrogen-bond donors (Lipinski definition) is 1. The van der Waals surface area contributed by atoms with Gasteiger partial charge < -0.3 is 10.2 Å². The van der Waals surface area contributed by atoms with E-state index in [0.29, 0.717) is 12.1 Å². The summed E-state index contributed by atoms with van der Waals surface area (Å²) in [5, 5.41) is 5.07. The minimum absolute atomic E-state index is 0.111. The summed E-state index contributed by atoms with van der Waals surface area (Å²) in [6.07, 6.45) is 6.45. The lowest BCUT2D eigenvalue weighted by Gasteiger charge is -2.26. The van der Waals surface area contributed by atoms with Crippen LogP contribution in [0, 0.1) is 0 Å². The Morgan fingerprint density at radius 1 is 1.45 bits per heavy atom. The van der Waals surface area contributed by atoms with Crippen LogP contribution in [0.4, 0.5) is 4.79 Å². The number of nitrogens with zero attached hydrogens (tertiary/aromatic N) is 3. The lowest BCUT2D eigenvalue weighted by Crippen LogP contribution is -2.45. The molecule has 0 spiro atoms. The molecule has 2 fully saturated rings. The minimum Gasteiger partial charge on any atom is -0.338 e. The van der Waals surface area contributed by atoms with Crippen molar-refractivity contribution in [3.63, 3.8) is 0 Å². The number of nitrogens with one attached hydrogen (secondary N) is 1. The van der Waals surface area contributed by atoms with Crippen molar-refractivity contribution in [2.45, 2.75) is 42.1 Å². The lowest BCUT2D eigenvalue weighted by atomic mass is 10.1. The van der Waals surface area contributed by atoms with Crippen molar-refractivity contribution < 1.29 is 4.79 Å². The van der Waals surface area contributed by atoms with Crippen molar-refractivity contribution in [2.24, 2.45) is 0 Å². The molecule has 22 heavy (non-hydrogen) atoms. The summed E-state index contributed by atoms with van der Waals surface area (Å²) in [6.45, 7) is 2.52. The Morgan fingerprint density at radius 2 is 2.32 bits per heavy atom. The number of likely N-dealkylation sites (tertiary alicyclic amines) is 1. The van der Waals surface area contributed by atoms with Gasteiger partial charge in [-0.3, -0.25) is 4.90 Å². The van der Waals surface area contributed by atoms with E-state index in [4.69, 9.17) is 0 Å². The second kappa shape index (κ2) is 7.66. The van der Waals surface area contributed by atoms with Crippen LogP contribution in [0.15, 0.2) is 15.9 Å². The molecule has 0 aromatic carbocycles. The van der Waals surface area contributed by atoms with Gasteiger partial charge in [-0.15, -0.1) is 11.3 Å². The largest absolute Gasteiger partial charge is 0.338 e. The van der Waals surface area contributed by atoms with E-state index in [2.05, 4.69) is 22.2 Å². The Hall–Kier alpha value is -0.790. The summed E-state index contributed by atoms with van der Waals surface area (Å²) < 4.78 is 1.11. The van der Waals surface area contributed by atoms with Crippen LogP contribution in [0.1, 0.15) is 25.7 Å². The zero-order valence-electron chi connectivity index (χ0n) is 13.0. The van der Waals surface area contributed by atoms with E-state index in [1.165, 1.54) is 12.8 Å². The minimum atomic E-state index is 0.111. The molecule has 1 aromatic rings. The molecule has 0 aliphatic carbocycles. The molecule has 3 rings (SSSR count). The number of aromatic nitrogens is 1. The number of fused-ring (bicyclic) bond motifs is 2. The Kier molecular flexibility index (Phi) is 5.60. The van der Waals surface area contributed by atoms with Crippen molar-refractivity contribution in [3.05, 3.63) is 11.6 Å². The third kappa shape index (κ3) is 3.94. The van der Waals surface area contributed by atoms with Crippen molar-refractivity contribution in [3.8, 4) is 0 Å². The van der Waals surface area contributed by atoms with Gasteiger partial charge in [0.05, 0.1) is 0 Å². The van der Waals surface area contributed by atoms with Crippen molar-refractivity contribution >= 4 is 29.1 Å². The molecule has 2 aliphatic rings. The summed E-state index contributed by atoms with van der Waals surface area (Å²) in [5.41, 5.74) is 0. The first-order valence-corrected chi connectivity index (χ1v) is 9.87. The third-order valence-corrected chi connectivity index (χ3v) is 6.72. The highest BCUT2D eigenvalue weighted by Gasteiger charge is 2.35. The predicted octanol–water partition coefficient (Wildman–Crippen LogP) is 2.50. The number of rotatable bonds is 5. The van der Waals surface area contributed by atoms with Gasteiger partial charge in [0, 0.05) is 49.0 Å². The first-order chi connectivity index (χ1) is 10.7. The number of carbonyl (C=O) groups is 1. The SMILES string of the molecule is CN1[C@H]2CC[C@H]1CN(C(=O)NCCCSc1nccs1)CC2. The van der Waals surface area contributed by atoms with Crippen LogP contribution in [-0.2, 0) is 0 Å². The molecule has 3 heterocycles. The highest BCUT2D eigenvalue weighted by Crippen LogP contribution is 2.28. The van der Waals surface area contributed by atoms with Crippen LogP contribution in [0.2, 0.25) is 0 Å². The zero-order chi connectivity index (χ0) is 15.4. The monoisotopic (exact) mass is 340 g/mol. The number of hydrogen-bond acceptors (Lipinski definition) is 5. The Labute approximate surface area is 140 Å². The first-order valence-electron chi connectivity index (χ1n) is 8.01. The number of likely N-dealkylation sites (N-methyl/N-ethyl adjacent to an activating group) is 1. The van der Waals surface area contributed by atoms with E-state index in [0.717, 1.165) is 42.6 Å². The lowest BCUT2D eigenvalue weighted by molar-refractivity contribution is 0.188. The molecule has 0 radical (unpaired) electrons. The number of thiazole rings is 1. The molecule has 2 atom stereocenters. The summed E-state index contributed by atoms with van der Waals surface area (Å²) in [6, 6.07) is 1.34. The first kappa shape index (κ1) is 16.1. The molecule has 1 N–H and O–H groups in total. The van der Waals surface area contributed by atoms with Crippen LogP contribution in [0.3, 0.4) is 0 Å². The topological polar surface area (TPSA) is 48.5 Å². The number of urea groups is 1. The Morgan fingerprint density at radius 3 is 3.14 bits per heavy atom. The van der Waals surface area contributed by atoms with Gasteiger partial charge in [-0.25, -0.2) is 9.78 Å². The summed E-state index contributed by atoms with van der Waals surface area (Å²) >= 11 is 3.43. The molecule has 2 amide bonds. The van der Waals surface area contributed by atoms with Gasteiger partial charge in [0.1, 0.15) is 4.34 Å². The molecule has 0 unspecified atom stereocenters. The normalized spacial score (nSPS) is 25.2. The van der Waals surface area contributed by atoms with E-state index in [1.807, 2.05) is 16.5 Å². The van der Waals surface area contributed by atoms with E-state index in [1.54, 1.807) is 23.1 Å². The molecule has 7 heteroatoms. The van der Waals surface area contributed by atoms with Gasteiger partial charge >= 0.3 is 6.03 Å². The van der Waals surface area contributed by atoms with Crippen LogP contribution in [0.25, 0.3) is 0 Å². The van der Waals surface area contributed by atoms with Crippen LogP contribution >= 0.6 is 23.1 Å². The van der Waals surface area contributed by atoms with Gasteiger partial charge in [0.15, 0.2) is 0 Å². The molecule has 1 aromatic heterocycles. The summed E-state index contributed by atoms with van der Waals surface area (Å²) in [7, 11) is 2.21. The highest BCUT2D eigenvalue weighted by molar-refractivity contribution is 8.00. The third-order valence-electron chi connectivity index (χ3n) is 4.67. The molecular weight excluding hydrogens is 316 g/mol. The second-order valence-electron chi connectivity index (χ2n) is 6.02. The number of carbonyl (C=O) groups excluding carboxylic acids is 1. The maximum absolute atomic E-state index is 12.3. The fraction of sp³-hybridized carbons (Fsp3) is 0.733. The zero-order valence-corrected chi connectivity index (χ0v) is 14.7. The van der Waals surface area contributed by atoms with Gasteiger partial charge in [0.25, 0.3) is 0 Å². The van der Waals surface area contributed by atoms with Crippen LogP contribution < -0.4 is 5.32 Å². The standard InChI is InChI=1S/C15H24N4OS2/c1-18-12-3-4-13(18)11-19(8-5-12)14(20)16-6-2-9-21-15-17-7-10-22-15/h7,10,12-13H,2-6,8-9,11H2,1H3,(H,16,20)/t12-,13-/m0/s1. The Balaban J connectivity index is 1.35. The number of amides is 2. The van der Waals surface area contributed by atoms with Gasteiger partial charge in [-0.05, 0) is 32.7 Å².